The number of benzene rings is 1. The number of ether oxygens (including phenoxy) is 1. The van der Waals surface area contributed by atoms with Crippen LogP contribution in [-0.2, 0) is 16.1 Å². The maximum absolute atomic E-state index is 13.2. The van der Waals surface area contributed by atoms with Crippen molar-refractivity contribution in [2.45, 2.75) is 45.2 Å². The van der Waals surface area contributed by atoms with Crippen molar-refractivity contribution in [3.05, 3.63) is 29.8 Å². The van der Waals surface area contributed by atoms with E-state index in [2.05, 4.69) is 17.9 Å². The van der Waals surface area contributed by atoms with E-state index in [0.717, 1.165) is 63.2 Å². The van der Waals surface area contributed by atoms with E-state index in [1.807, 2.05) is 35.0 Å². The number of likely N-dealkylation sites (tertiary alicyclic amines) is 2. The van der Waals surface area contributed by atoms with E-state index < -0.39 is 5.41 Å². The van der Waals surface area contributed by atoms with Gasteiger partial charge in [-0.2, -0.15) is 0 Å². The Morgan fingerprint density at radius 1 is 1.18 bits per heavy atom. The second-order valence-corrected chi connectivity index (χ2v) is 8.52. The standard InChI is InChI=1S/C22H31N3O3/c1-17-22(9-5-11-23(2)21(22)27)10-6-12-25(17)20(26)16-24-13-14-28-19-8-4-3-7-18(19)15-24/h3-4,7-8,17H,5-6,9-16H2,1-2H3/t17-,22-/m0/s1. The molecule has 1 aromatic rings. The molecule has 0 unspecified atom stereocenters. The average Bonchev–Trinajstić information content (AvgIpc) is 2.89. The molecule has 1 aromatic carbocycles. The lowest BCUT2D eigenvalue weighted by Gasteiger charge is -2.51. The molecule has 3 aliphatic heterocycles. The third-order valence-electron chi connectivity index (χ3n) is 6.89. The van der Waals surface area contributed by atoms with Gasteiger partial charge >= 0.3 is 0 Å². The van der Waals surface area contributed by atoms with Crippen molar-refractivity contribution in [2.75, 3.05) is 39.8 Å². The third-order valence-corrected chi connectivity index (χ3v) is 6.89. The van der Waals surface area contributed by atoms with Crippen LogP contribution in [-0.4, -0.2) is 72.4 Å². The molecule has 0 radical (unpaired) electrons. The van der Waals surface area contributed by atoms with Gasteiger partial charge in [-0.1, -0.05) is 18.2 Å². The predicted octanol–water partition coefficient (Wildman–Crippen LogP) is 2.13. The van der Waals surface area contributed by atoms with Gasteiger partial charge in [0.25, 0.3) is 0 Å². The second-order valence-electron chi connectivity index (χ2n) is 8.52. The van der Waals surface area contributed by atoms with Crippen LogP contribution in [0.5, 0.6) is 5.75 Å². The Morgan fingerprint density at radius 2 is 1.93 bits per heavy atom. The Kier molecular flexibility index (Phi) is 5.32. The van der Waals surface area contributed by atoms with E-state index in [-0.39, 0.29) is 17.9 Å². The molecule has 3 heterocycles. The predicted molar refractivity (Wildman–Crippen MR) is 107 cm³/mol. The van der Waals surface area contributed by atoms with Crippen LogP contribution in [0.2, 0.25) is 0 Å². The van der Waals surface area contributed by atoms with Gasteiger partial charge < -0.3 is 14.5 Å². The molecule has 152 valence electrons. The highest BCUT2D eigenvalue weighted by Gasteiger charge is 2.51. The minimum absolute atomic E-state index is 0.0421. The first-order valence-corrected chi connectivity index (χ1v) is 10.5. The van der Waals surface area contributed by atoms with Gasteiger partial charge in [0.15, 0.2) is 0 Å². The van der Waals surface area contributed by atoms with Crippen molar-refractivity contribution in [3.63, 3.8) is 0 Å². The molecular weight excluding hydrogens is 354 g/mol. The van der Waals surface area contributed by atoms with E-state index in [0.29, 0.717) is 13.2 Å². The Balaban J connectivity index is 1.46. The highest BCUT2D eigenvalue weighted by Crippen LogP contribution is 2.43. The zero-order valence-corrected chi connectivity index (χ0v) is 17.0. The molecule has 6 nitrogen and oxygen atoms in total. The first-order valence-electron chi connectivity index (χ1n) is 10.5. The van der Waals surface area contributed by atoms with Crippen molar-refractivity contribution < 1.29 is 14.3 Å². The molecule has 0 aromatic heterocycles. The van der Waals surface area contributed by atoms with E-state index in [1.165, 1.54) is 0 Å². The summed E-state index contributed by atoms with van der Waals surface area (Å²) in [6.07, 6.45) is 3.72. The van der Waals surface area contributed by atoms with Crippen molar-refractivity contribution in [3.8, 4) is 5.75 Å². The molecule has 0 bridgehead atoms. The van der Waals surface area contributed by atoms with Crippen molar-refractivity contribution in [1.82, 2.24) is 14.7 Å². The van der Waals surface area contributed by atoms with Crippen LogP contribution < -0.4 is 4.74 Å². The summed E-state index contributed by atoms with van der Waals surface area (Å²) < 4.78 is 5.83. The number of fused-ring (bicyclic) bond motifs is 1. The Hall–Kier alpha value is -2.08. The molecule has 0 N–H and O–H groups in total. The van der Waals surface area contributed by atoms with Crippen molar-refractivity contribution in [1.29, 1.82) is 0 Å². The number of hydrogen-bond acceptors (Lipinski definition) is 4. The van der Waals surface area contributed by atoms with Crippen LogP contribution in [0, 0.1) is 5.41 Å². The average molecular weight is 386 g/mol. The number of rotatable bonds is 2. The zero-order valence-electron chi connectivity index (χ0n) is 17.0. The largest absolute Gasteiger partial charge is 0.492 e. The van der Waals surface area contributed by atoms with E-state index in [1.54, 1.807) is 0 Å². The maximum atomic E-state index is 13.2. The monoisotopic (exact) mass is 385 g/mol. The number of nitrogens with zero attached hydrogens (tertiary/aromatic N) is 3. The fourth-order valence-corrected chi connectivity index (χ4v) is 5.24. The summed E-state index contributed by atoms with van der Waals surface area (Å²) in [7, 11) is 1.89. The van der Waals surface area contributed by atoms with E-state index in [4.69, 9.17) is 4.74 Å². The highest BCUT2D eigenvalue weighted by molar-refractivity contribution is 5.86. The van der Waals surface area contributed by atoms with Gasteiger partial charge in [-0.05, 0) is 38.7 Å². The van der Waals surface area contributed by atoms with Crippen LogP contribution in [0.3, 0.4) is 0 Å². The molecule has 2 fully saturated rings. The summed E-state index contributed by atoms with van der Waals surface area (Å²) in [4.78, 5) is 32.2. The highest BCUT2D eigenvalue weighted by atomic mass is 16.5. The minimum atomic E-state index is -0.393. The number of para-hydroxylation sites is 1. The number of piperidine rings is 2. The normalized spacial score (nSPS) is 28.6. The molecular formula is C22H31N3O3. The summed E-state index contributed by atoms with van der Waals surface area (Å²) in [5.74, 6) is 1.27. The van der Waals surface area contributed by atoms with E-state index >= 15 is 0 Å². The molecule has 2 amide bonds. The lowest BCUT2D eigenvalue weighted by Crippen LogP contribution is -2.62. The van der Waals surface area contributed by atoms with Gasteiger partial charge in [-0.3, -0.25) is 14.5 Å². The van der Waals surface area contributed by atoms with Crippen LogP contribution in [0.1, 0.15) is 38.2 Å². The van der Waals surface area contributed by atoms with Gasteiger partial charge in [0.2, 0.25) is 11.8 Å². The second kappa shape index (κ2) is 7.74. The van der Waals surface area contributed by atoms with Gasteiger partial charge in [0.05, 0.1) is 12.0 Å². The Labute approximate surface area is 167 Å². The first kappa shape index (κ1) is 19.2. The molecule has 0 saturated carbocycles. The molecule has 28 heavy (non-hydrogen) atoms. The lowest BCUT2D eigenvalue weighted by atomic mass is 9.68. The Morgan fingerprint density at radius 3 is 2.75 bits per heavy atom. The molecule has 4 rings (SSSR count). The summed E-state index contributed by atoms with van der Waals surface area (Å²) >= 11 is 0. The fraction of sp³-hybridized carbons (Fsp3) is 0.636. The van der Waals surface area contributed by atoms with Gasteiger partial charge in [0, 0.05) is 44.8 Å². The molecule has 6 heteroatoms. The summed E-state index contributed by atoms with van der Waals surface area (Å²) in [6, 6.07) is 8.00. The maximum Gasteiger partial charge on any atom is 0.237 e. The van der Waals surface area contributed by atoms with Gasteiger partial charge in [0.1, 0.15) is 12.4 Å². The number of carbonyl (C=O) groups excluding carboxylic acids is 2. The summed E-state index contributed by atoms with van der Waals surface area (Å²) in [5.41, 5.74) is 0.732. The minimum Gasteiger partial charge on any atom is -0.492 e. The van der Waals surface area contributed by atoms with Gasteiger partial charge in [-0.25, -0.2) is 0 Å². The summed E-state index contributed by atoms with van der Waals surface area (Å²) in [6.45, 7) is 6.07. The van der Waals surface area contributed by atoms with Crippen molar-refractivity contribution >= 4 is 11.8 Å². The smallest absolute Gasteiger partial charge is 0.237 e. The lowest BCUT2D eigenvalue weighted by molar-refractivity contribution is -0.158. The third kappa shape index (κ3) is 3.39. The summed E-state index contributed by atoms with van der Waals surface area (Å²) in [5, 5.41) is 0. The number of amides is 2. The van der Waals surface area contributed by atoms with E-state index in [9.17, 15) is 9.59 Å². The Bertz CT molecular complexity index is 748. The van der Waals surface area contributed by atoms with Crippen LogP contribution in [0.15, 0.2) is 24.3 Å². The molecule has 2 atom stereocenters. The molecule has 0 aliphatic carbocycles. The topological polar surface area (TPSA) is 53.1 Å². The van der Waals surface area contributed by atoms with Crippen LogP contribution in [0.25, 0.3) is 0 Å². The zero-order chi connectivity index (χ0) is 19.7. The quantitative estimate of drug-likeness (QED) is 0.783. The first-order chi connectivity index (χ1) is 13.5. The SMILES string of the molecule is C[C@@H]1N(C(=O)CN2CCOc3ccccc3C2)CCC[C@@]12CCCN(C)C2=O. The van der Waals surface area contributed by atoms with Gasteiger partial charge in [-0.15, -0.1) is 0 Å². The number of carbonyl (C=O) groups is 2. The van der Waals surface area contributed by atoms with Crippen LogP contribution >= 0.6 is 0 Å². The van der Waals surface area contributed by atoms with Crippen LogP contribution in [0.4, 0.5) is 0 Å². The molecule has 2 saturated heterocycles. The fourth-order valence-electron chi connectivity index (χ4n) is 5.24. The molecule has 3 aliphatic rings. The number of hydrogen-bond donors (Lipinski definition) is 0. The molecule has 1 spiro atoms. The van der Waals surface area contributed by atoms with Crippen molar-refractivity contribution in [2.24, 2.45) is 5.41 Å².